The number of anilines is 1. The number of aryl methyl sites for hydroxylation is 2. The average molecular weight is 263 g/mol. The van der Waals surface area contributed by atoms with Crippen LogP contribution >= 0.6 is 0 Å². The third-order valence-corrected chi connectivity index (χ3v) is 2.94. The van der Waals surface area contributed by atoms with Gasteiger partial charge in [-0.05, 0) is 30.5 Å². The summed E-state index contributed by atoms with van der Waals surface area (Å²) in [7, 11) is 0. The molecular weight excluding hydrogens is 248 g/mol. The standard InChI is InChI=1S/C14H15F2N3/c1-9-3-4-11(5-10(9)2)6-18-13-8-17-12(7-19-13)14(15)16/h3-5,7-8,14H,6H2,1-2H3,(H,18,19). The summed E-state index contributed by atoms with van der Waals surface area (Å²) in [5.41, 5.74) is 3.27. The van der Waals surface area contributed by atoms with E-state index in [0.717, 1.165) is 11.8 Å². The summed E-state index contributed by atoms with van der Waals surface area (Å²) in [4.78, 5) is 7.55. The highest BCUT2D eigenvalue weighted by molar-refractivity contribution is 5.35. The number of hydrogen-bond acceptors (Lipinski definition) is 3. The Balaban J connectivity index is 2.00. The molecule has 5 heteroatoms. The minimum Gasteiger partial charge on any atom is -0.365 e. The Morgan fingerprint density at radius 1 is 1.11 bits per heavy atom. The molecule has 1 heterocycles. The Kier molecular flexibility index (Phi) is 4.04. The number of rotatable bonds is 4. The molecular formula is C14H15F2N3. The molecule has 1 aromatic carbocycles. The first kappa shape index (κ1) is 13.4. The van der Waals surface area contributed by atoms with E-state index in [2.05, 4.69) is 41.3 Å². The van der Waals surface area contributed by atoms with Crippen molar-refractivity contribution in [2.24, 2.45) is 0 Å². The number of aromatic nitrogens is 2. The number of nitrogens with one attached hydrogen (secondary N) is 1. The Labute approximate surface area is 110 Å². The van der Waals surface area contributed by atoms with E-state index in [1.54, 1.807) is 0 Å². The van der Waals surface area contributed by atoms with Gasteiger partial charge in [0.05, 0.1) is 12.4 Å². The molecule has 0 aliphatic carbocycles. The summed E-state index contributed by atoms with van der Waals surface area (Å²) in [6.45, 7) is 4.70. The monoisotopic (exact) mass is 263 g/mol. The lowest BCUT2D eigenvalue weighted by molar-refractivity contribution is 0.145. The second-order valence-corrected chi connectivity index (χ2v) is 4.40. The number of nitrogens with zero attached hydrogens (tertiary/aromatic N) is 2. The van der Waals surface area contributed by atoms with E-state index >= 15 is 0 Å². The molecule has 0 atom stereocenters. The van der Waals surface area contributed by atoms with E-state index in [9.17, 15) is 8.78 Å². The van der Waals surface area contributed by atoms with E-state index in [4.69, 9.17) is 0 Å². The van der Waals surface area contributed by atoms with Crippen LogP contribution in [0.25, 0.3) is 0 Å². The van der Waals surface area contributed by atoms with Crippen LogP contribution in [0.4, 0.5) is 14.6 Å². The lowest BCUT2D eigenvalue weighted by Gasteiger charge is -2.08. The van der Waals surface area contributed by atoms with E-state index in [-0.39, 0.29) is 5.69 Å². The lowest BCUT2D eigenvalue weighted by Crippen LogP contribution is -2.03. The van der Waals surface area contributed by atoms with Gasteiger partial charge >= 0.3 is 0 Å². The Morgan fingerprint density at radius 3 is 2.47 bits per heavy atom. The zero-order valence-corrected chi connectivity index (χ0v) is 10.8. The smallest absolute Gasteiger partial charge is 0.281 e. The molecule has 19 heavy (non-hydrogen) atoms. The molecule has 0 spiro atoms. The van der Waals surface area contributed by atoms with Crippen LogP contribution in [0.1, 0.15) is 28.8 Å². The van der Waals surface area contributed by atoms with Crippen LogP contribution in [0.2, 0.25) is 0 Å². The third kappa shape index (κ3) is 3.47. The fourth-order valence-electron chi connectivity index (χ4n) is 1.65. The maximum atomic E-state index is 12.3. The molecule has 2 aromatic rings. The van der Waals surface area contributed by atoms with Crippen molar-refractivity contribution in [3.8, 4) is 0 Å². The first-order valence-electron chi connectivity index (χ1n) is 5.96. The van der Waals surface area contributed by atoms with Gasteiger partial charge in [-0.1, -0.05) is 18.2 Å². The van der Waals surface area contributed by atoms with Crippen LogP contribution < -0.4 is 5.32 Å². The molecule has 1 aromatic heterocycles. The molecule has 0 fully saturated rings. The highest BCUT2D eigenvalue weighted by Crippen LogP contribution is 2.16. The second kappa shape index (κ2) is 5.73. The van der Waals surface area contributed by atoms with Crippen LogP contribution in [-0.2, 0) is 6.54 Å². The Hall–Kier alpha value is -2.04. The van der Waals surface area contributed by atoms with Crippen LogP contribution in [0, 0.1) is 13.8 Å². The van der Waals surface area contributed by atoms with Gasteiger partial charge in [0.15, 0.2) is 0 Å². The van der Waals surface area contributed by atoms with Gasteiger partial charge in [0.25, 0.3) is 6.43 Å². The average Bonchev–Trinajstić information content (AvgIpc) is 2.40. The van der Waals surface area contributed by atoms with Gasteiger partial charge in [-0.15, -0.1) is 0 Å². The molecule has 0 amide bonds. The lowest BCUT2D eigenvalue weighted by atomic mass is 10.1. The first-order chi connectivity index (χ1) is 9.06. The van der Waals surface area contributed by atoms with Gasteiger partial charge < -0.3 is 5.32 Å². The van der Waals surface area contributed by atoms with Crippen molar-refractivity contribution in [1.82, 2.24) is 9.97 Å². The second-order valence-electron chi connectivity index (χ2n) is 4.40. The fourth-order valence-corrected chi connectivity index (χ4v) is 1.65. The van der Waals surface area contributed by atoms with Crippen molar-refractivity contribution in [1.29, 1.82) is 0 Å². The van der Waals surface area contributed by atoms with Crippen LogP contribution in [0.3, 0.4) is 0 Å². The van der Waals surface area contributed by atoms with Gasteiger partial charge in [-0.3, -0.25) is 0 Å². The number of benzene rings is 1. The van der Waals surface area contributed by atoms with Gasteiger partial charge in [0.1, 0.15) is 11.5 Å². The van der Waals surface area contributed by atoms with E-state index in [1.165, 1.54) is 17.3 Å². The van der Waals surface area contributed by atoms with Crippen molar-refractivity contribution >= 4 is 5.82 Å². The largest absolute Gasteiger partial charge is 0.365 e. The summed E-state index contributed by atoms with van der Waals surface area (Å²) in [5.74, 6) is 0.489. The quantitative estimate of drug-likeness (QED) is 0.915. The maximum Gasteiger partial charge on any atom is 0.281 e. The normalized spacial score (nSPS) is 10.8. The van der Waals surface area contributed by atoms with Crippen molar-refractivity contribution in [3.05, 3.63) is 53.0 Å². The van der Waals surface area contributed by atoms with E-state index in [0.29, 0.717) is 12.4 Å². The molecule has 0 aliphatic heterocycles. The van der Waals surface area contributed by atoms with Gasteiger partial charge in [0, 0.05) is 6.54 Å². The van der Waals surface area contributed by atoms with Gasteiger partial charge in [-0.25, -0.2) is 18.7 Å². The highest BCUT2D eigenvalue weighted by Gasteiger charge is 2.08. The molecule has 0 radical (unpaired) electrons. The molecule has 3 nitrogen and oxygen atoms in total. The van der Waals surface area contributed by atoms with Crippen molar-refractivity contribution in [2.75, 3.05) is 5.32 Å². The molecule has 0 saturated carbocycles. The zero-order valence-electron chi connectivity index (χ0n) is 10.8. The topological polar surface area (TPSA) is 37.8 Å². The Morgan fingerprint density at radius 2 is 1.89 bits per heavy atom. The van der Waals surface area contributed by atoms with Gasteiger partial charge in [0.2, 0.25) is 0 Å². The first-order valence-corrected chi connectivity index (χ1v) is 5.96. The fraction of sp³-hybridized carbons (Fsp3) is 0.286. The van der Waals surface area contributed by atoms with Crippen LogP contribution in [0.5, 0.6) is 0 Å². The Bertz CT molecular complexity index is 553. The summed E-state index contributed by atoms with van der Waals surface area (Å²) < 4.78 is 24.6. The minimum atomic E-state index is -2.58. The van der Waals surface area contributed by atoms with Crippen molar-refractivity contribution < 1.29 is 8.78 Å². The molecule has 1 N–H and O–H groups in total. The predicted octanol–water partition coefficient (Wildman–Crippen LogP) is 3.64. The predicted molar refractivity (Wildman–Crippen MR) is 70.2 cm³/mol. The number of halogens is 2. The van der Waals surface area contributed by atoms with E-state index in [1.807, 2.05) is 6.07 Å². The van der Waals surface area contributed by atoms with Gasteiger partial charge in [-0.2, -0.15) is 0 Å². The number of hydrogen-bond donors (Lipinski definition) is 1. The van der Waals surface area contributed by atoms with Crippen molar-refractivity contribution in [2.45, 2.75) is 26.8 Å². The van der Waals surface area contributed by atoms with E-state index < -0.39 is 6.43 Å². The highest BCUT2D eigenvalue weighted by atomic mass is 19.3. The van der Waals surface area contributed by atoms with Crippen LogP contribution in [-0.4, -0.2) is 9.97 Å². The maximum absolute atomic E-state index is 12.3. The molecule has 0 unspecified atom stereocenters. The molecule has 0 bridgehead atoms. The molecule has 0 aliphatic rings. The SMILES string of the molecule is Cc1ccc(CNc2cnc(C(F)F)cn2)cc1C. The zero-order chi connectivity index (χ0) is 13.8. The summed E-state index contributed by atoms with van der Waals surface area (Å²) >= 11 is 0. The van der Waals surface area contributed by atoms with Crippen LogP contribution in [0.15, 0.2) is 30.6 Å². The number of alkyl halides is 2. The minimum absolute atomic E-state index is 0.309. The summed E-state index contributed by atoms with van der Waals surface area (Å²) in [6, 6.07) is 6.16. The summed E-state index contributed by atoms with van der Waals surface area (Å²) in [5, 5.41) is 3.06. The third-order valence-electron chi connectivity index (χ3n) is 2.94. The summed E-state index contributed by atoms with van der Waals surface area (Å²) in [6.07, 6.45) is -0.170. The molecule has 100 valence electrons. The molecule has 2 rings (SSSR count). The van der Waals surface area contributed by atoms with Crippen molar-refractivity contribution in [3.63, 3.8) is 0 Å². The molecule has 0 saturated heterocycles.